The fourth-order valence-electron chi connectivity index (χ4n) is 3.13. The number of hydrogen-bond acceptors (Lipinski definition) is 2. The Morgan fingerprint density at radius 3 is 2.32 bits per heavy atom. The van der Waals surface area contributed by atoms with Crippen LogP contribution in [0.5, 0.6) is 0 Å². The Kier molecular flexibility index (Phi) is 4.12. The second kappa shape index (κ2) is 5.34. The van der Waals surface area contributed by atoms with Crippen LogP contribution < -0.4 is 0 Å². The zero-order chi connectivity index (χ0) is 16.8. The van der Waals surface area contributed by atoms with E-state index in [-0.39, 0.29) is 11.5 Å². The molecule has 1 aliphatic carbocycles. The maximum Gasteiger partial charge on any atom is 0.421 e. The number of ether oxygens (including phenoxy) is 1. The van der Waals surface area contributed by atoms with Gasteiger partial charge >= 0.3 is 18.4 Å². The number of likely N-dealkylation sites (tertiary alicyclic amines) is 1. The lowest BCUT2D eigenvalue weighted by atomic mass is 9.83. The Hall–Kier alpha value is -1.41. The van der Waals surface area contributed by atoms with E-state index in [1.54, 1.807) is 6.92 Å². The third-order valence-corrected chi connectivity index (χ3v) is 4.09. The molecule has 1 saturated heterocycles. The summed E-state index contributed by atoms with van der Waals surface area (Å²) in [6.07, 6.45) is -10.2. The van der Waals surface area contributed by atoms with Crippen LogP contribution in [0.3, 0.4) is 0 Å². The lowest BCUT2D eigenvalue weighted by Gasteiger charge is -2.45. The Labute approximate surface area is 122 Å². The van der Waals surface area contributed by atoms with E-state index < -0.39 is 42.4 Å². The Bertz CT molecular complexity index is 456. The molecule has 0 N–H and O–H groups in total. The quantitative estimate of drug-likeness (QED) is 0.444. The van der Waals surface area contributed by atoms with Crippen molar-refractivity contribution >= 4 is 6.09 Å². The molecular weight excluding hydrogens is 316 g/mol. The van der Waals surface area contributed by atoms with Crippen molar-refractivity contribution in [3.05, 3.63) is 12.2 Å². The number of amides is 1. The molecule has 1 amide bonds. The van der Waals surface area contributed by atoms with E-state index in [4.69, 9.17) is 0 Å². The maximum absolute atomic E-state index is 13.4. The summed E-state index contributed by atoms with van der Waals surface area (Å²) in [4.78, 5) is 11.7. The van der Waals surface area contributed by atoms with E-state index in [1.807, 2.05) is 0 Å². The summed E-state index contributed by atoms with van der Waals surface area (Å²) in [5, 5.41) is 0. The summed E-state index contributed by atoms with van der Waals surface area (Å²) < 4.78 is 84.8. The highest BCUT2D eigenvalue weighted by Crippen LogP contribution is 2.60. The van der Waals surface area contributed by atoms with E-state index in [0.717, 1.165) is 6.08 Å². The molecule has 2 rings (SSSR count). The van der Waals surface area contributed by atoms with Crippen LogP contribution in [0.4, 0.5) is 31.1 Å². The van der Waals surface area contributed by atoms with Crippen LogP contribution in [0.2, 0.25) is 0 Å². The molecule has 0 saturated carbocycles. The van der Waals surface area contributed by atoms with E-state index in [2.05, 4.69) is 4.74 Å². The Morgan fingerprint density at radius 1 is 1.23 bits per heavy atom. The van der Waals surface area contributed by atoms with Crippen molar-refractivity contribution in [3.8, 4) is 0 Å². The fourth-order valence-corrected chi connectivity index (χ4v) is 3.13. The molecule has 1 aliphatic heterocycles. The van der Waals surface area contributed by atoms with E-state index in [0.29, 0.717) is 12.8 Å². The molecule has 0 unspecified atom stereocenters. The molecule has 0 spiro atoms. The topological polar surface area (TPSA) is 29.5 Å². The van der Waals surface area contributed by atoms with Crippen molar-refractivity contribution in [1.82, 2.24) is 4.90 Å². The summed E-state index contributed by atoms with van der Waals surface area (Å²) in [5.74, 6) is -1.84. The van der Waals surface area contributed by atoms with Crippen LogP contribution in [-0.2, 0) is 4.74 Å². The van der Waals surface area contributed by atoms with Gasteiger partial charge in [-0.15, -0.1) is 0 Å². The predicted molar refractivity (Wildman–Crippen MR) is 64.0 cm³/mol. The van der Waals surface area contributed by atoms with Gasteiger partial charge in [0.1, 0.15) is 0 Å². The molecule has 0 radical (unpaired) electrons. The van der Waals surface area contributed by atoms with Crippen LogP contribution in [0.25, 0.3) is 0 Å². The number of hydrogen-bond donors (Lipinski definition) is 0. The molecule has 126 valence electrons. The Balaban J connectivity index is 2.41. The molecular formula is C13H15F6NO2. The number of rotatable bonds is 3. The second-order valence-electron chi connectivity index (χ2n) is 5.39. The van der Waals surface area contributed by atoms with Crippen LogP contribution in [0, 0.1) is 5.92 Å². The summed E-state index contributed by atoms with van der Waals surface area (Å²) in [7, 11) is 0. The normalized spacial score (nSPS) is 26.6. The van der Waals surface area contributed by atoms with Gasteiger partial charge in [-0.2, -0.15) is 26.3 Å². The molecule has 0 aromatic rings. The summed E-state index contributed by atoms with van der Waals surface area (Å²) in [5.41, 5.74) is -4.21. The van der Waals surface area contributed by atoms with Crippen molar-refractivity contribution in [2.45, 2.75) is 50.1 Å². The van der Waals surface area contributed by atoms with Crippen molar-refractivity contribution in [2.24, 2.45) is 5.92 Å². The number of carbonyl (C=O) groups excluding carboxylic acids is 1. The number of nitrogens with zero attached hydrogens (tertiary/aromatic N) is 1. The molecule has 2 atom stereocenters. The Morgan fingerprint density at radius 2 is 1.82 bits per heavy atom. The van der Waals surface area contributed by atoms with E-state index in [9.17, 15) is 31.1 Å². The highest BCUT2D eigenvalue weighted by atomic mass is 19.4. The number of fused-ring (bicyclic) bond motifs is 2. The lowest BCUT2D eigenvalue weighted by molar-refractivity contribution is -0.337. The first-order valence-corrected chi connectivity index (χ1v) is 6.85. The minimum absolute atomic E-state index is 0.173. The molecule has 2 bridgehead atoms. The highest BCUT2D eigenvalue weighted by molar-refractivity contribution is 5.71. The lowest BCUT2D eigenvalue weighted by Crippen LogP contribution is -2.70. The summed E-state index contributed by atoms with van der Waals surface area (Å²) >= 11 is 0. The third-order valence-electron chi connectivity index (χ3n) is 4.09. The molecule has 22 heavy (non-hydrogen) atoms. The van der Waals surface area contributed by atoms with Gasteiger partial charge in [0.05, 0.1) is 12.6 Å². The molecule has 3 nitrogen and oxygen atoms in total. The minimum atomic E-state index is -5.64. The van der Waals surface area contributed by atoms with Gasteiger partial charge < -0.3 is 4.74 Å². The van der Waals surface area contributed by atoms with Crippen LogP contribution in [0.1, 0.15) is 26.2 Å². The standard InChI is InChI=1S/C13H15F6NO2/c1-2-3-6-22-10(21)20-9-5-4-8(7-9)11(20,12(14,15)16)13(17,18)19/h4-5,8-9H,2-3,6-7H2,1H3/t8-,9+/m1/s1. The van der Waals surface area contributed by atoms with Gasteiger partial charge in [-0.1, -0.05) is 25.5 Å². The second-order valence-corrected chi connectivity index (χ2v) is 5.39. The zero-order valence-electron chi connectivity index (χ0n) is 11.7. The molecule has 9 heteroatoms. The van der Waals surface area contributed by atoms with Crippen molar-refractivity contribution in [3.63, 3.8) is 0 Å². The molecule has 0 aromatic heterocycles. The first-order chi connectivity index (χ1) is 10.1. The zero-order valence-corrected chi connectivity index (χ0v) is 11.7. The fraction of sp³-hybridized carbons (Fsp3) is 0.769. The summed E-state index contributed by atoms with van der Waals surface area (Å²) in [6.45, 7) is 1.54. The average molecular weight is 331 g/mol. The monoisotopic (exact) mass is 331 g/mol. The average Bonchev–Trinajstić information content (AvgIpc) is 2.95. The third kappa shape index (κ3) is 2.25. The van der Waals surface area contributed by atoms with Crippen molar-refractivity contribution in [1.29, 1.82) is 0 Å². The number of alkyl halides is 6. The van der Waals surface area contributed by atoms with E-state index in [1.165, 1.54) is 6.08 Å². The van der Waals surface area contributed by atoms with E-state index >= 15 is 0 Å². The number of halogens is 6. The SMILES string of the molecule is CCCCOC(=O)N1[C@H]2C=C[C@H](C2)C1(C(F)(F)F)C(F)(F)F. The van der Waals surface area contributed by atoms with Crippen molar-refractivity contribution in [2.75, 3.05) is 6.61 Å². The minimum Gasteiger partial charge on any atom is -0.449 e. The van der Waals surface area contributed by atoms with Gasteiger partial charge in [0, 0.05) is 5.92 Å². The van der Waals surface area contributed by atoms with Crippen LogP contribution in [0.15, 0.2) is 12.2 Å². The van der Waals surface area contributed by atoms with Gasteiger partial charge in [0.25, 0.3) is 0 Å². The molecule has 0 aromatic carbocycles. The van der Waals surface area contributed by atoms with Gasteiger partial charge in [0.2, 0.25) is 5.54 Å². The van der Waals surface area contributed by atoms with Gasteiger partial charge in [-0.3, -0.25) is 4.90 Å². The first kappa shape index (κ1) is 17.0. The summed E-state index contributed by atoms with van der Waals surface area (Å²) in [6, 6.07) is -1.25. The number of unbranched alkanes of at least 4 members (excludes halogenated alkanes) is 1. The molecule has 2 aliphatic rings. The maximum atomic E-state index is 13.4. The van der Waals surface area contributed by atoms with Gasteiger partial charge in [-0.25, -0.2) is 4.79 Å². The number of carbonyl (C=O) groups is 1. The first-order valence-electron chi connectivity index (χ1n) is 6.85. The largest absolute Gasteiger partial charge is 0.449 e. The smallest absolute Gasteiger partial charge is 0.421 e. The van der Waals surface area contributed by atoms with Gasteiger partial charge in [0.15, 0.2) is 0 Å². The predicted octanol–water partition coefficient (Wildman–Crippen LogP) is 4.05. The highest BCUT2D eigenvalue weighted by Gasteiger charge is 2.82. The van der Waals surface area contributed by atoms with Crippen LogP contribution >= 0.6 is 0 Å². The van der Waals surface area contributed by atoms with Crippen molar-refractivity contribution < 1.29 is 35.9 Å². The molecule has 1 heterocycles. The van der Waals surface area contributed by atoms with Gasteiger partial charge in [-0.05, 0) is 12.8 Å². The molecule has 1 fully saturated rings. The van der Waals surface area contributed by atoms with Crippen LogP contribution in [-0.4, -0.2) is 41.5 Å².